The molecule has 0 saturated carbocycles. The summed E-state index contributed by atoms with van der Waals surface area (Å²) in [5.74, 6) is 1.18. The van der Waals surface area contributed by atoms with Gasteiger partial charge < -0.3 is 4.42 Å². The number of furan rings is 1. The summed E-state index contributed by atoms with van der Waals surface area (Å²) in [4.78, 5) is 0. The summed E-state index contributed by atoms with van der Waals surface area (Å²) in [6.45, 7) is 12.7. The molecule has 1 spiro atoms. The number of benzene rings is 5. The molecule has 0 bridgehead atoms. The third kappa shape index (κ3) is 3.44. The minimum absolute atomic E-state index is 0.641. The first-order chi connectivity index (χ1) is 23.3. The molecule has 2 aliphatic heterocycles. The minimum atomic E-state index is -1.70. The molecule has 5 heteroatoms. The molecule has 0 amide bonds. The largest absolute Gasteiger partial charge is 0.455 e. The summed E-state index contributed by atoms with van der Waals surface area (Å²) in [5.41, 5.74) is 13.9. The van der Waals surface area contributed by atoms with Crippen LogP contribution in [-0.4, -0.2) is 12.6 Å². The topological polar surface area (TPSA) is 25.8 Å². The minimum Gasteiger partial charge on any atom is -0.455 e. The van der Waals surface area contributed by atoms with Crippen LogP contribution < -0.4 is 14.3 Å². The van der Waals surface area contributed by atoms with Gasteiger partial charge in [-0.15, -0.1) is 4.57 Å². The number of nitrogens with zero attached hydrogens (tertiary/aromatic N) is 3. The van der Waals surface area contributed by atoms with Crippen LogP contribution in [0, 0.1) is 13.8 Å². The Morgan fingerprint density at radius 3 is 2.35 bits per heavy atom. The summed E-state index contributed by atoms with van der Waals surface area (Å²) in [6, 6.07) is 42.5. The van der Waals surface area contributed by atoms with Gasteiger partial charge in [-0.05, 0) is 67.4 Å². The maximum atomic E-state index is 6.92. The lowest BCUT2D eigenvalue weighted by Gasteiger charge is -2.23. The fraction of sp³-hybridized carbons (Fsp3) is 0.163. The van der Waals surface area contributed by atoms with Crippen molar-refractivity contribution >= 4 is 46.2 Å². The predicted octanol–water partition coefficient (Wildman–Crippen LogP) is 8.58. The molecule has 1 atom stereocenters. The van der Waals surface area contributed by atoms with Gasteiger partial charge in [0.25, 0.3) is 0 Å². The van der Waals surface area contributed by atoms with Crippen LogP contribution in [0.3, 0.4) is 0 Å². The molecule has 8 aromatic rings. The Labute approximate surface area is 281 Å². The average molecular weight is 640 g/mol. The predicted molar refractivity (Wildman–Crippen MR) is 196 cm³/mol. The lowest BCUT2D eigenvalue weighted by Crippen LogP contribution is -2.61. The van der Waals surface area contributed by atoms with E-state index in [4.69, 9.17) is 4.42 Å². The van der Waals surface area contributed by atoms with Crippen LogP contribution >= 0.6 is 0 Å². The lowest BCUT2D eigenvalue weighted by atomic mass is 9.88. The van der Waals surface area contributed by atoms with Crippen molar-refractivity contribution in [2.75, 3.05) is 0 Å². The Hall–Kier alpha value is -5.26. The zero-order valence-corrected chi connectivity index (χ0v) is 29.0. The van der Waals surface area contributed by atoms with Gasteiger partial charge >= 0.3 is 11.5 Å². The molecule has 2 aliphatic rings. The molecule has 48 heavy (non-hydrogen) atoms. The molecule has 0 N–H and O–H groups in total. The van der Waals surface area contributed by atoms with E-state index >= 15 is 0 Å². The van der Waals surface area contributed by atoms with Crippen LogP contribution in [0.2, 0.25) is 19.6 Å². The highest BCUT2D eigenvalue weighted by Crippen LogP contribution is 2.55. The quantitative estimate of drug-likeness (QED) is 0.141. The number of aromatic nitrogens is 3. The summed E-state index contributed by atoms with van der Waals surface area (Å²) >= 11 is 0. The third-order valence-corrected chi connectivity index (χ3v) is 13.0. The second kappa shape index (κ2) is 9.42. The molecule has 5 aromatic carbocycles. The fourth-order valence-electron chi connectivity index (χ4n) is 8.87. The molecular weight excluding hydrogens is 603 g/mol. The third-order valence-electron chi connectivity index (χ3n) is 10.8. The maximum Gasteiger partial charge on any atom is 0.364 e. The standard InChI is InChI=1S/C43H37N3OSi/c1-27-19-20-32-34(23-27)43(45-26-39(48(3,4)5)28(2)24-37(32)45)33-22-21-31-30-15-9-12-18-38(30)47-41(31)40(33)42-44(25-29-13-7-6-8-14-29)35-16-10-11-17-36(35)46(42)43/h6-24,26H,25H2,1-5H3/q+2. The fourth-order valence-corrected chi connectivity index (χ4v) is 10.6. The van der Waals surface area contributed by atoms with Gasteiger partial charge in [-0.1, -0.05) is 91.9 Å². The van der Waals surface area contributed by atoms with Gasteiger partial charge in [-0.2, -0.15) is 4.57 Å². The van der Waals surface area contributed by atoms with E-state index in [0.29, 0.717) is 0 Å². The summed E-state index contributed by atoms with van der Waals surface area (Å²) in [5, 5.41) is 3.80. The molecule has 10 rings (SSSR count). The number of hydrogen-bond acceptors (Lipinski definition) is 1. The molecule has 0 radical (unpaired) electrons. The zero-order chi connectivity index (χ0) is 32.5. The Bertz CT molecular complexity index is 2660. The SMILES string of the molecule is Cc1ccc2c(c1)C1(c3ccc4c(oc5ccccc54)c3-c3n1c1ccccc1[n+]3Cc1ccccc1)[n+]1cc([Si](C)(C)C)c(C)cc1-2. The number of rotatable bonds is 3. The van der Waals surface area contributed by atoms with Crippen LogP contribution in [0.15, 0.2) is 126 Å². The van der Waals surface area contributed by atoms with E-state index in [9.17, 15) is 0 Å². The van der Waals surface area contributed by atoms with Gasteiger partial charge in [-0.25, -0.2) is 4.57 Å². The van der Waals surface area contributed by atoms with E-state index in [1.54, 1.807) is 0 Å². The van der Waals surface area contributed by atoms with E-state index < -0.39 is 13.7 Å². The van der Waals surface area contributed by atoms with Crippen molar-refractivity contribution < 1.29 is 13.6 Å². The summed E-state index contributed by atoms with van der Waals surface area (Å²) in [7, 11) is -1.70. The van der Waals surface area contributed by atoms with Crippen LogP contribution in [0.25, 0.3) is 55.6 Å². The van der Waals surface area contributed by atoms with Crippen molar-refractivity contribution in [2.24, 2.45) is 0 Å². The van der Waals surface area contributed by atoms with Gasteiger partial charge in [-0.3, -0.25) is 0 Å². The molecular formula is C43H37N3OSi+2. The normalized spacial score (nSPS) is 16.2. The highest BCUT2D eigenvalue weighted by atomic mass is 28.3. The van der Waals surface area contributed by atoms with E-state index in [1.165, 1.54) is 66.7 Å². The molecule has 0 aliphatic carbocycles. The van der Waals surface area contributed by atoms with Crippen LogP contribution in [0.5, 0.6) is 0 Å². The highest BCUT2D eigenvalue weighted by Gasteiger charge is 2.67. The number of para-hydroxylation sites is 3. The van der Waals surface area contributed by atoms with Gasteiger partial charge in [0, 0.05) is 22.0 Å². The van der Waals surface area contributed by atoms with Gasteiger partial charge in [0.05, 0.1) is 24.8 Å². The first kappa shape index (κ1) is 27.8. The van der Waals surface area contributed by atoms with E-state index in [0.717, 1.165) is 28.5 Å². The van der Waals surface area contributed by atoms with E-state index in [2.05, 4.69) is 169 Å². The van der Waals surface area contributed by atoms with Crippen molar-refractivity contribution in [1.82, 2.24) is 4.57 Å². The van der Waals surface area contributed by atoms with E-state index in [-0.39, 0.29) is 0 Å². The second-order valence-electron chi connectivity index (χ2n) is 14.8. The number of pyridine rings is 1. The molecule has 1 unspecified atom stereocenters. The smallest absolute Gasteiger partial charge is 0.364 e. The monoisotopic (exact) mass is 639 g/mol. The molecule has 4 nitrogen and oxygen atoms in total. The highest BCUT2D eigenvalue weighted by molar-refractivity contribution is 6.88. The van der Waals surface area contributed by atoms with Gasteiger partial charge in [0.2, 0.25) is 5.69 Å². The number of aryl methyl sites for hydroxylation is 2. The first-order valence-electron chi connectivity index (χ1n) is 17.0. The molecule has 0 fully saturated rings. The zero-order valence-electron chi connectivity index (χ0n) is 28.0. The van der Waals surface area contributed by atoms with Gasteiger partial charge in [0.1, 0.15) is 17.7 Å². The Balaban J connectivity index is 1.45. The Morgan fingerprint density at radius 2 is 1.52 bits per heavy atom. The maximum absolute atomic E-state index is 6.92. The molecule has 232 valence electrons. The Kier molecular flexibility index (Phi) is 5.46. The molecule has 0 saturated heterocycles. The van der Waals surface area contributed by atoms with Crippen LogP contribution in [0.4, 0.5) is 0 Å². The Morgan fingerprint density at radius 1 is 0.750 bits per heavy atom. The summed E-state index contributed by atoms with van der Waals surface area (Å²) < 4.78 is 14.7. The summed E-state index contributed by atoms with van der Waals surface area (Å²) in [6.07, 6.45) is 2.52. The average Bonchev–Trinajstić information content (AvgIpc) is 3.78. The van der Waals surface area contributed by atoms with Crippen molar-refractivity contribution in [2.45, 2.75) is 45.7 Å². The number of fused-ring (bicyclic) bond motifs is 16. The van der Waals surface area contributed by atoms with E-state index in [1.807, 2.05) is 0 Å². The van der Waals surface area contributed by atoms with Crippen molar-refractivity contribution in [3.8, 4) is 22.6 Å². The van der Waals surface area contributed by atoms with Crippen molar-refractivity contribution in [3.63, 3.8) is 0 Å². The van der Waals surface area contributed by atoms with Gasteiger partial charge in [0.15, 0.2) is 22.8 Å². The van der Waals surface area contributed by atoms with Crippen LogP contribution in [-0.2, 0) is 12.2 Å². The first-order valence-corrected chi connectivity index (χ1v) is 20.5. The van der Waals surface area contributed by atoms with Crippen molar-refractivity contribution in [1.29, 1.82) is 0 Å². The number of hydrogen-bond donors (Lipinski definition) is 0. The lowest BCUT2D eigenvalue weighted by molar-refractivity contribution is -0.734. The van der Waals surface area contributed by atoms with Crippen molar-refractivity contribution in [3.05, 3.63) is 149 Å². The molecule has 5 heterocycles. The molecule has 3 aromatic heterocycles. The van der Waals surface area contributed by atoms with Crippen LogP contribution in [0.1, 0.15) is 27.8 Å². The number of imidazole rings is 1. The second-order valence-corrected chi connectivity index (χ2v) is 19.8.